The van der Waals surface area contributed by atoms with Crippen molar-refractivity contribution in [2.75, 3.05) is 6.54 Å². The van der Waals surface area contributed by atoms with Crippen LogP contribution in [0.3, 0.4) is 0 Å². The van der Waals surface area contributed by atoms with Crippen LogP contribution in [0.5, 0.6) is 0 Å². The Hall–Kier alpha value is -1.06. The van der Waals surface area contributed by atoms with Crippen LogP contribution in [0.4, 0.5) is 0 Å². The minimum absolute atomic E-state index is 0.808. The minimum atomic E-state index is 0.808. The molecular formula is C17H22BrNO. The molecule has 0 aliphatic rings. The minimum Gasteiger partial charge on any atom is -0.460 e. The number of nitrogens with one attached hydrogen (secondary N) is 1. The maximum absolute atomic E-state index is 5.86. The summed E-state index contributed by atoms with van der Waals surface area (Å²) in [5, 5.41) is 3.43. The monoisotopic (exact) mass is 335 g/mol. The summed E-state index contributed by atoms with van der Waals surface area (Å²) in [5.74, 6) is 1.93. The van der Waals surface area contributed by atoms with Crippen LogP contribution >= 0.6 is 15.9 Å². The van der Waals surface area contributed by atoms with Gasteiger partial charge in [-0.2, -0.15) is 0 Å². The van der Waals surface area contributed by atoms with E-state index in [2.05, 4.69) is 46.4 Å². The molecule has 0 bridgehead atoms. The van der Waals surface area contributed by atoms with E-state index in [-0.39, 0.29) is 0 Å². The lowest BCUT2D eigenvalue weighted by atomic mass is 10.2. The summed E-state index contributed by atoms with van der Waals surface area (Å²) >= 11 is 3.44. The highest BCUT2D eigenvalue weighted by molar-refractivity contribution is 9.10. The van der Waals surface area contributed by atoms with Gasteiger partial charge in [0.05, 0.1) is 6.54 Å². The highest BCUT2D eigenvalue weighted by Gasteiger charge is 2.04. The largest absolute Gasteiger partial charge is 0.460 e. The van der Waals surface area contributed by atoms with Gasteiger partial charge in [-0.25, -0.2) is 0 Å². The van der Waals surface area contributed by atoms with E-state index in [1.54, 1.807) is 0 Å². The lowest BCUT2D eigenvalue weighted by molar-refractivity contribution is 0.487. The fourth-order valence-electron chi connectivity index (χ4n) is 2.13. The number of rotatable bonds is 8. The summed E-state index contributed by atoms with van der Waals surface area (Å²) in [6.07, 6.45) is 5.17. The summed E-state index contributed by atoms with van der Waals surface area (Å²) in [4.78, 5) is 0. The summed E-state index contributed by atoms with van der Waals surface area (Å²) in [6, 6.07) is 12.3. The molecule has 1 aromatic carbocycles. The zero-order valence-corrected chi connectivity index (χ0v) is 13.6. The van der Waals surface area contributed by atoms with Gasteiger partial charge >= 0.3 is 0 Å². The van der Waals surface area contributed by atoms with E-state index in [0.29, 0.717) is 0 Å². The summed E-state index contributed by atoms with van der Waals surface area (Å²) in [7, 11) is 0. The van der Waals surface area contributed by atoms with Crippen LogP contribution in [0, 0.1) is 0 Å². The lowest BCUT2D eigenvalue weighted by Crippen LogP contribution is -2.14. The predicted octanol–water partition coefficient (Wildman–Crippen LogP) is 5.38. The predicted molar refractivity (Wildman–Crippen MR) is 87.7 cm³/mol. The Morgan fingerprint density at radius 3 is 2.55 bits per heavy atom. The van der Waals surface area contributed by atoms with Crippen LogP contribution in [0.15, 0.2) is 45.3 Å². The number of hydrogen-bond acceptors (Lipinski definition) is 2. The first-order chi connectivity index (χ1) is 9.79. The van der Waals surface area contributed by atoms with Gasteiger partial charge < -0.3 is 9.73 Å². The van der Waals surface area contributed by atoms with Crippen LogP contribution in [-0.2, 0) is 6.54 Å². The molecule has 0 fully saturated rings. The average Bonchev–Trinajstić information content (AvgIpc) is 2.92. The van der Waals surface area contributed by atoms with Crippen molar-refractivity contribution >= 4 is 15.9 Å². The number of benzene rings is 1. The Morgan fingerprint density at radius 1 is 1.00 bits per heavy atom. The van der Waals surface area contributed by atoms with Gasteiger partial charge in [-0.1, -0.05) is 54.2 Å². The van der Waals surface area contributed by atoms with Crippen molar-refractivity contribution < 1.29 is 4.42 Å². The quantitative estimate of drug-likeness (QED) is 0.655. The molecule has 1 aromatic heterocycles. The molecule has 0 amide bonds. The van der Waals surface area contributed by atoms with Crippen molar-refractivity contribution in [2.45, 2.75) is 39.2 Å². The highest BCUT2D eigenvalue weighted by atomic mass is 79.9. The van der Waals surface area contributed by atoms with Gasteiger partial charge in [0, 0.05) is 10.0 Å². The standard InChI is InChI=1S/C17H22BrNO/c1-2-3-4-5-12-19-13-16-10-11-17(20-16)14-6-8-15(18)9-7-14/h6-11,19H,2-5,12-13H2,1H3. The smallest absolute Gasteiger partial charge is 0.134 e. The number of halogens is 1. The molecule has 0 atom stereocenters. The van der Waals surface area contributed by atoms with E-state index in [0.717, 1.165) is 34.6 Å². The van der Waals surface area contributed by atoms with E-state index in [4.69, 9.17) is 4.42 Å². The molecule has 108 valence electrons. The first-order valence-electron chi connectivity index (χ1n) is 7.35. The first-order valence-corrected chi connectivity index (χ1v) is 8.14. The molecule has 0 saturated carbocycles. The normalized spacial score (nSPS) is 10.9. The zero-order chi connectivity index (χ0) is 14.2. The van der Waals surface area contributed by atoms with E-state index in [9.17, 15) is 0 Å². The molecular weight excluding hydrogens is 314 g/mol. The third kappa shape index (κ3) is 4.80. The van der Waals surface area contributed by atoms with Crippen molar-refractivity contribution in [1.82, 2.24) is 5.32 Å². The van der Waals surface area contributed by atoms with Crippen molar-refractivity contribution in [3.8, 4) is 11.3 Å². The van der Waals surface area contributed by atoms with Crippen LogP contribution in [0.1, 0.15) is 38.4 Å². The third-order valence-corrected chi connectivity index (χ3v) is 3.83. The molecule has 2 nitrogen and oxygen atoms in total. The third-order valence-electron chi connectivity index (χ3n) is 3.30. The van der Waals surface area contributed by atoms with Gasteiger partial charge in [-0.05, 0) is 37.2 Å². The second kappa shape index (κ2) is 8.28. The SMILES string of the molecule is CCCCCCNCc1ccc(-c2ccc(Br)cc2)o1. The molecule has 0 aliphatic carbocycles. The Labute approximate surface area is 129 Å². The Bertz CT molecular complexity index is 504. The fraction of sp³-hybridized carbons (Fsp3) is 0.412. The molecule has 0 unspecified atom stereocenters. The van der Waals surface area contributed by atoms with Gasteiger partial charge in [0.15, 0.2) is 0 Å². The molecule has 3 heteroatoms. The first kappa shape index (κ1) is 15.3. The van der Waals surface area contributed by atoms with Crippen LogP contribution in [0.25, 0.3) is 11.3 Å². The van der Waals surface area contributed by atoms with Gasteiger partial charge in [0.2, 0.25) is 0 Å². The van der Waals surface area contributed by atoms with Crippen molar-refractivity contribution in [3.05, 3.63) is 46.6 Å². The summed E-state index contributed by atoms with van der Waals surface area (Å²) in [6.45, 7) is 4.11. The second-order valence-corrected chi connectivity index (χ2v) is 5.93. The summed E-state index contributed by atoms with van der Waals surface area (Å²) < 4.78 is 6.94. The molecule has 2 aromatic rings. The molecule has 0 saturated heterocycles. The molecule has 0 aliphatic heterocycles. The molecule has 20 heavy (non-hydrogen) atoms. The van der Waals surface area contributed by atoms with E-state index < -0.39 is 0 Å². The number of hydrogen-bond donors (Lipinski definition) is 1. The highest BCUT2D eigenvalue weighted by Crippen LogP contribution is 2.23. The topological polar surface area (TPSA) is 25.2 Å². The van der Waals surface area contributed by atoms with Crippen molar-refractivity contribution in [3.63, 3.8) is 0 Å². The van der Waals surface area contributed by atoms with Crippen molar-refractivity contribution in [2.24, 2.45) is 0 Å². The average molecular weight is 336 g/mol. The summed E-state index contributed by atoms with van der Waals surface area (Å²) in [5.41, 5.74) is 1.11. The molecule has 1 N–H and O–H groups in total. The van der Waals surface area contributed by atoms with Crippen LogP contribution < -0.4 is 5.32 Å². The Morgan fingerprint density at radius 2 is 1.80 bits per heavy atom. The number of unbranched alkanes of at least 4 members (excludes halogenated alkanes) is 3. The van der Waals surface area contributed by atoms with Crippen LogP contribution in [-0.4, -0.2) is 6.54 Å². The van der Waals surface area contributed by atoms with E-state index in [1.165, 1.54) is 25.7 Å². The molecule has 2 rings (SSSR count). The maximum atomic E-state index is 5.86. The molecule has 1 heterocycles. The second-order valence-electron chi connectivity index (χ2n) is 5.01. The van der Waals surface area contributed by atoms with Gasteiger partial charge in [-0.15, -0.1) is 0 Å². The molecule has 0 radical (unpaired) electrons. The lowest BCUT2D eigenvalue weighted by Gasteiger charge is -2.02. The fourth-order valence-corrected chi connectivity index (χ4v) is 2.39. The Kier molecular flexibility index (Phi) is 6.34. The van der Waals surface area contributed by atoms with Gasteiger partial charge in [0.25, 0.3) is 0 Å². The Balaban J connectivity index is 1.79. The number of furan rings is 1. The van der Waals surface area contributed by atoms with Crippen molar-refractivity contribution in [1.29, 1.82) is 0 Å². The van der Waals surface area contributed by atoms with Gasteiger partial charge in [0.1, 0.15) is 11.5 Å². The van der Waals surface area contributed by atoms with Crippen LogP contribution in [0.2, 0.25) is 0 Å². The van der Waals surface area contributed by atoms with E-state index in [1.807, 2.05) is 18.2 Å². The zero-order valence-electron chi connectivity index (χ0n) is 12.0. The van der Waals surface area contributed by atoms with Gasteiger partial charge in [-0.3, -0.25) is 0 Å². The van der Waals surface area contributed by atoms with E-state index >= 15 is 0 Å². The molecule has 0 spiro atoms. The maximum Gasteiger partial charge on any atom is 0.134 e.